The van der Waals surface area contributed by atoms with Crippen LogP contribution in [0.1, 0.15) is 94.5 Å². The van der Waals surface area contributed by atoms with E-state index in [2.05, 4.69) is 143 Å². The normalized spacial score (nSPS) is 22.3. The van der Waals surface area contributed by atoms with Gasteiger partial charge in [0.2, 0.25) is 11.4 Å². The van der Waals surface area contributed by atoms with E-state index in [1.807, 2.05) is 0 Å². The Bertz CT molecular complexity index is 2140. The van der Waals surface area contributed by atoms with Gasteiger partial charge in [-0.25, -0.2) is 8.96 Å². The molecule has 2 aromatic heterocycles. The van der Waals surface area contributed by atoms with Gasteiger partial charge < -0.3 is 4.90 Å². The summed E-state index contributed by atoms with van der Waals surface area (Å²) < 4.78 is 21.3. The predicted molar refractivity (Wildman–Crippen MR) is 200 cm³/mol. The first-order valence-corrected chi connectivity index (χ1v) is 18.7. The maximum Gasteiger partial charge on any atom is 0.221 e. The summed E-state index contributed by atoms with van der Waals surface area (Å²) in [6.45, 7) is 11.6. The van der Waals surface area contributed by atoms with E-state index in [1.54, 1.807) is 6.07 Å². The molecule has 0 saturated heterocycles. The Balaban J connectivity index is 1.32. The van der Waals surface area contributed by atoms with E-state index in [1.165, 1.54) is 74.1 Å². The van der Waals surface area contributed by atoms with Crippen molar-refractivity contribution in [2.24, 2.45) is 13.0 Å². The average molecular weight is 654 g/mol. The third kappa shape index (κ3) is 4.12. The lowest BCUT2D eigenvalue weighted by Gasteiger charge is -2.39. The predicted octanol–water partition coefficient (Wildman–Crippen LogP) is 9.50. The summed E-state index contributed by atoms with van der Waals surface area (Å²) in [4.78, 5) is 2.19. The van der Waals surface area contributed by atoms with Crippen molar-refractivity contribution in [3.63, 3.8) is 0 Å². The molecule has 2 aliphatic carbocycles. The summed E-state index contributed by atoms with van der Waals surface area (Å²) in [5.41, 5.74) is 12.1. The molecule has 49 heavy (non-hydrogen) atoms. The van der Waals surface area contributed by atoms with Crippen molar-refractivity contribution in [2.75, 3.05) is 19.0 Å². The number of aryl methyl sites for hydroxylation is 3. The fourth-order valence-electron chi connectivity index (χ4n) is 10.9. The number of unbranched alkanes of at least 4 members (excludes halogenated alkanes) is 1. The number of halogens is 1. The van der Waals surface area contributed by atoms with Crippen molar-refractivity contribution >= 4 is 16.5 Å². The van der Waals surface area contributed by atoms with Gasteiger partial charge in [-0.3, -0.25) is 0 Å². The van der Waals surface area contributed by atoms with Crippen LogP contribution in [-0.4, -0.2) is 14.1 Å². The minimum Gasteiger partial charge on any atom is -0.378 e. The molecule has 3 unspecified atom stereocenters. The molecule has 5 aromatic rings. The first kappa shape index (κ1) is 32.2. The van der Waals surface area contributed by atoms with Crippen LogP contribution in [0.3, 0.4) is 0 Å². The summed E-state index contributed by atoms with van der Waals surface area (Å²) in [5.74, 6) is 0.372. The lowest BCUT2D eigenvalue weighted by atomic mass is 9.65. The number of rotatable bonds is 10. The Kier molecular flexibility index (Phi) is 7.38. The second kappa shape index (κ2) is 11.2. The van der Waals surface area contributed by atoms with Gasteiger partial charge in [0.05, 0.1) is 21.9 Å². The highest BCUT2D eigenvalue weighted by Gasteiger charge is 2.84. The maximum atomic E-state index is 16.4. The molecule has 0 spiro atoms. The zero-order valence-corrected chi connectivity index (χ0v) is 30.8. The Morgan fingerprint density at radius 3 is 2.33 bits per heavy atom. The molecule has 1 aliphatic heterocycles. The molecule has 0 radical (unpaired) electrons. The quantitative estimate of drug-likeness (QED) is 0.137. The van der Waals surface area contributed by atoms with Crippen LogP contribution >= 0.6 is 0 Å². The largest absolute Gasteiger partial charge is 0.378 e. The third-order valence-corrected chi connectivity index (χ3v) is 13.2. The molecule has 0 bridgehead atoms. The van der Waals surface area contributed by atoms with Gasteiger partial charge in [-0.05, 0) is 84.0 Å². The van der Waals surface area contributed by atoms with Crippen molar-refractivity contribution < 1.29 is 13.5 Å². The number of hydrogen-bond donors (Lipinski definition) is 0. The van der Waals surface area contributed by atoms with Gasteiger partial charge in [0.15, 0.2) is 17.9 Å². The molecule has 3 heterocycles. The van der Waals surface area contributed by atoms with Crippen LogP contribution in [0.4, 0.5) is 10.1 Å². The van der Waals surface area contributed by atoms with Crippen LogP contribution in [0.15, 0.2) is 79.1 Å². The molecular weight excluding hydrogens is 602 g/mol. The van der Waals surface area contributed by atoms with E-state index >= 15 is 4.39 Å². The Labute approximate surface area is 292 Å². The summed E-state index contributed by atoms with van der Waals surface area (Å²) in [6, 6.07) is 24.5. The van der Waals surface area contributed by atoms with Gasteiger partial charge >= 0.3 is 0 Å². The zero-order valence-electron chi connectivity index (χ0n) is 30.8. The lowest BCUT2D eigenvalue weighted by Crippen LogP contribution is -2.56. The second-order valence-electron chi connectivity index (χ2n) is 15.8. The van der Waals surface area contributed by atoms with Gasteiger partial charge in [0, 0.05) is 61.3 Å². The van der Waals surface area contributed by atoms with Crippen LogP contribution < -0.4 is 14.0 Å². The summed E-state index contributed by atoms with van der Waals surface area (Å²) in [6.07, 6.45) is 12.1. The van der Waals surface area contributed by atoms with E-state index < -0.39 is 5.41 Å². The van der Waals surface area contributed by atoms with Crippen molar-refractivity contribution in [3.05, 3.63) is 113 Å². The zero-order chi connectivity index (χ0) is 34.5. The molecule has 0 amide bonds. The average Bonchev–Trinajstić information content (AvgIpc) is 3.71. The van der Waals surface area contributed by atoms with Crippen molar-refractivity contribution in [1.82, 2.24) is 0 Å². The molecule has 4 heteroatoms. The highest BCUT2D eigenvalue weighted by Crippen LogP contribution is 2.74. The van der Waals surface area contributed by atoms with Crippen molar-refractivity contribution in [1.29, 1.82) is 0 Å². The molecule has 1 fully saturated rings. The minimum atomic E-state index is -0.428. The summed E-state index contributed by atoms with van der Waals surface area (Å²) >= 11 is 0. The third-order valence-electron chi connectivity index (χ3n) is 13.2. The molecule has 3 aromatic carbocycles. The van der Waals surface area contributed by atoms with E-state index in [-0.39, 0.29) is 16.8 Å². The van der Waals surface area contributed by atoms with E-state index in [0.29, 0.717) is 5.92 Å². The summed E-state index contributed by atoms with van der Waals surface area (Å²) in [7, 11) is 6.38. The molecule has 8 rings (SSSR count). The van der Waals surface area contributed by atoms with Crippen LogP contribution in [-0.2, 0) is 36.3 Å². The smallest absolute Gasteiger partial charge is 0.221 e. The first-order valence-electron chi connectivity index (χ1n) is 18.7. The fraction of sp³-hybridized carbons (Fsp3) is 0.422. The van der Waals surface area contributed by atoms with Crippen LogP contribution in [0.25, 0.3) is 33.3 Å². The van der Waals surface area contributed by atoms with Crippen LogP contribution in [0, 0.1) is 11.7 Å². The number of anilines is 1. The second-order valence-corrected chi connectivity index (χ2v) is 15.8. The first-order chi connectivity index (χ1) is 23.6. The number of pyridine rings is 2. The van der Waals surface area contributed by atoms with Gasteiger partial charge in [-0.15, -0.1) is 0 Å². The Morgan fingerprint density at radius 1 is 0.837 bits per heavy atom. The fourth-order valence-corrected chi connectivity index (χ4v) is 10.9. The summed E-state index contributed by atoms with van der Waals surface area (Å²) in [5, 5.41) is 2.72. The SMILES string of the molecule is CCCCc1ccc2c3c4[n+](ccc13)C1(CC)C(CCc3ccc(N(C)C)cc3-c3cccc[n+]3C)C1(CC)c1ccc(F)c(c1-4)C2(C)C. The topological polar surface area (TPSA) is 11.0 Å². The molecule has 3 atom stereocenters. The van der Waals surface area contributed by atoms with Crippen molar-refractivity contribution in [2.45, 2.75) is 95.9 Å². The Hall–Kier alpha value is -4.05. The molecule has 0 N–H and O–H groups in total. The van der Waals surface area contributed by atoms with E-state index in [9.17, 15) is 0 Å². The molecule has 3 nitrogen and oxygen atoms in total. The van der Waals surface area contributed by atoms with Crippen LogP contribution in [0.5, 0.6) is 0 Å². The van der Waals surface area contributed by atoms with E-state index in [0.717, 1.165) is 37.7 Å². The number of benzene rings is 3. The van der Waals surface area contributed by atoms with Gasteiger partial charge in [-0.1, -0.05) is 65.3 Å². The van der Waals surface area contributed by atoms with E-state index in [4.69, 9.17) is 0 Å². The number of nitrogens with zero attached hydrogens (tertiary/aromatic N) is 3. The Morgan fingerprint density at radius 2 is 1.61 bits per heavy atom. The van der Waals surface area contributed by atoms with Gasteiger partial charge in [0.1, 0.15) is 12.9 Å². The minimum absolute atomic E-state index is 0.0422. The molecule has 252 valence electrons. The monoisotopic (exact) mass is 653 g/mol. The molecule has 1 saturated carbocycles. The highest BCUT2D eigenvalue weighted by atomic mass is 19.1. The highest BCUT2D eigenvalue weighted by molar-refractivity contribution is 6.03. The molecule has 3 aliphatic rings. The maximum absolute atomic E-state index is 16.4. The number of aromatic nitrogens is 2. The standard InChI is InChI=1S/C45H52FN3/c1-9-12-15-29-18-21-34-39-32(29)25-27-49-42(39)40-35(22-23-36(46)41(40)43(34,4)5)44(10-2)38(45(44,49)11-3)24-19-30-17-20-31(47(6)7)28-33(30)37-16-13-14-26-48(37)8/h13-14,16-18,20-23,25-28,38H,9-12,15,19,24H2,1-8H3/q+2. The van der Waals surface area contributed by atoms with Gasteiger partial charge in [-0.2, -0.15) is 4.57 Å². The molecular formula is C45H52FN3+2. The van der Waals surface area contributed by atoms with Crippen LogP contribution in [0.2, 0.25) is 0 Å². The van der Waals surface area contributed by atoms with Crippen molar-refractivity contribution in [3.8, 4) is 22.5 Å². The number of hydrogen-bond acceptors (Lipinski definition) is 1. The van der Waals surface area contributed by atoms with Gasteiger partial charge in [0.25, 0.3) is 0 Å². The number of fused-ring (bicyclic) bond motifs is 3. The lowest BCUT2D eigenvalue weighted by molar-refractivity contribution is -0.737.